The maximum Gasteiger partial charge on any atom is 0.259 e. The van der Waals surface area contributed by atoms with Gasteiger partial charge in [-0.05, 0) is 44.0 Å². The van der Waals surface area contributed by atoms with Crippen molar-refractivity contribution in [1.29, 1.82) is 0 Å². The van der Waals surface area contributed by atoms with Gasteiger partial charge in [-0.15, -0.1) is 0 Å². The maximum absolute atomic E-state index is 11.4. The number of hydrogen-bond donors (Lipinski definition) is 1. The van der Waals surface area contributed by atoms with Gasteiger partial charge in [0.15, 0.2) is 6.61 Å². The zero-order valence-corrected chi connectivity index (χ0v) is 13.0. The Labute approximate surface area is 122 Å². The number of likely N-dealkylation sites (N-methyl/N-ethyl adjacent to an activating group) is 1. The largest absolute Gasteiger partial charge is 0.484 e. The summed E-state index contributed by atoms with van der Waals surface area (Å²) in [5.74, 6) is 0.699. The van der Waals surface area contributed by atoms with E-state index in [1.54, 1.807) is 14.1 Å². The van der Waals surface area contributed by atoms with Crippen LogP contribution in [0.15, 0.2) is 24.3 Å². The van der Waals surface area contributed by atoms with Crippen LogP contribution >= 0.6 is 0 Å². The SMILES string of the molecule is CCCNC(C)Cc1ccc(OCC(=O)N(C)C)cc1. The van der Waals surface area contributed by atoms with Gasteiger partial charge >= 0.3 is 0 Å². The molecule has 4 heteroatoms. The molecular weight excluding hydrogens is 252 g/mol. The number of amides is 1. The van der Waals surface area contributed by atoms with Crippen LogP contribution in [0.4, 0.5) is 0 Å². The van der Waals surface area contributed by atoms with E-state index in [1.807, 2.05) is 12.1 Å². The average Bonchev–Trinajstić information content (AvgIpc) is 2.43. The minimum absolute atomic E-state index is 0.0357. The molecule has 0 aliphatic rings. The summed E-state index contributed by atoms with van der Waals surface area (Å²) in [6.07, 6.45) is 2.15. The molecule has 112 valence electrons. The number of hydrogen-bond acceptors (Lipinski definition) is 3. The summed E-state index contributed by atoms with van der Waals surface area (Å²) in [6.45, 7) is 5.49. The lowest BCUT2D eigenvalue weighted by atomic mass is 10.1. The quantitative estimate of drug-likeness (QED) is 0.791. The van der Waals surface area contributed by atoms with Crippen molar-refractivity contribution in [3.8, 4) is 5.75 Å². The summed E-state index contributed by atoms with van der Waals surface area (Å²) in [5.41, 5.74) is 1.27. The van der Waals surface area contributed by atoms with E-state index in [0.29, 0.717) is 6.04 Å². The van der Waals surface area contributed by atoms with Crippen LogP contribution in [-0.4, -0.2) is 44.1 Å². The lowest BCUT2D eigenvalue weighted by molar-refractivity contribution is -0.130. The van der Waals surface area contributed by atoms with Crippen molar-refractivity contribution in [2.75, 3.05) is 27.2 Å². The van der Waals surface area contributed by atoms with E-state index < -0.39 is 0 Å². The minimum Gasteiger partial charge on any atom is -0.484 e. The van der Waals surface area contributed by atoms with E-state index >= 15 is 0 Å². The Hall–Kier alpha value is -1.55. The Kier molecular flexibility index (Phi) is 7.09. The second-order valence-electron chi connectivity index (χ2n) is 5.28. The van der Waals surface area contributed by atoms with E-state index in [9.17, 15) is 4.79 Å². The molecule has 1 atom stereocenters. The van der Waals surface area contributed by atoms with Gasteiger partial charge in [-0.3, -0.25) is 4.79 Å². The standard InChI is InChI=1S/C16H26N2O2/c1-5-10-17-13(2)11-14-6-8-15(9-7-14)20-12-16(19)18(3)4/h6-9,13,17H,5,10-12H2,1-4H3. The summed E-state index contributed by atoms with van der Waals surface area (Å²) in [5, 5.41) is 3.47. The Morgan fingerprint density at radius 1 is 1.30 bits per heavy atom. The zero-order valence-electron chi connectivity index (χ0n) is 13.0. The van der Waals surface area contributed by atoms with Crippen molar-refractivity contribution >= 4 is 5.91 Å². The topological polar surface area (TPSA) is 41.6 Å². The van der Waals surface area contributed by atoms with E-state index in [1.165, 1.54) is 10.5 Å². The first-order chi connectivity index (χ1) is 9.52. The molecule has 0 aromatic heterocycles. The maximum atomic E-state index is 11.4. The molecule has 1 unspecified atom stereocenters. The number of rotatable bonds is 8. The summed E-state index contributed by atoms with van der Waals surface area (Å²) in [4.78, 5) is 12.9. The number of benzene rings is 1. The highest BCUT2D eigenvalue weighted by atomic mass is 16.5. The smallest absolute Gasteiger partial charge is 0.259 e. The van der Waals surface area contributed by atoms with Gasteiger partial charge in [0, 0.05) is 20.1 Å². The van der Waals surface area contributed by atoms with E-state index in [-0.39, 0.29) is 12.5 Å². The summed E-state index contributed by atoms with van der Waals surface area (Å²) in [7, 11) is 3.44. The zero-order chi connectivity index (χ0) is 15.0. The Morgan fingerprint density at radius 3 is 2.50 bits per heavy atom. The van der Waals surface area contributed by atoms with Crippen molar-refractivity contribution in [1.82, 2.24) is 10.2 Å². The lowest BCUT2D eigenvalue weighted by Gasteiger charge is -2.14. The third-order valence-corrected chi connectivity index (χ3v) is 3.07. The van der Waals surface area contributed by atoms with Gasteiger partial charge in [0.05, 0.1) is 0 Å². The molecule has 1 N–H and O–H groups in total. The molecule has 1 amide bonds. The van der Waals surface area contributed by atoms with Gasteiger partial charge < -0.3 is 15.0 Å². The number of carbonyl (C=O) groups is 1. The van der Waals surface area contributed by atoms with Crippen LogP contribution in [0.25, 0.3) is 0 Å². The molecule has 0 aliphatic heterocycles. The van der Waals surface area contributed by atoms with Crippen LogP contribution in [0.5, 0.6) is 5.75 Å². The molecule has 0 spiro atoms. The van der Waals surface area contributed by atoms with Crippen LogP contribution in [0.3, 0.4) is 0 Å². The van der Waals surface area contributed by atoms with Crippen LogP contribution in [0.1, 0.15) is 25.8 Å². The molecule has 0 aliphatic carbocycles. The van der Waals surface area contributed by atoms with Crippen LogP contribution in [0, 0.1) is 0 Å². The minimum atomic E-state index is -0.0357. The monoisotopic (exact) mass is 278 g/mol. The fourth-order valence-corrected chi connectivity index (χ4v) is 1.81. The van der Waals surface area contributed by atoms with Crippen molar-refractivity contribution < 1.29 is 9.53 Å². The third kappa shape index (κ3) is 6.06. The molecule has 1 rings (SSSR count). The Balaban J connectivity index is 2.42. The van der Waals surface area contributed by atoms with E-state index in [4.69, 9.17) is 4.74 Å². The average molecular weight is 278 g/mol. The van der Waals surface area contributed by atoms with E-state index in [0.717, 1.165) is 25.1 Å². The van der Waals surface area contributed by atoms with Gasteiger partial charge in [0.1, 0.15) is 5.75 Å². The number of nitrogens with one attached hydrogen (secondary N) is 1. The van der Waals surface area contributed by atoms with Gasteiger partial charge in [0.25, 0.3) is 5.91 Å². The molecule has 0 fully saturated rings. The predicted octanol–water partition coefficient (Wildman–Crippen LogP) is 2.08. The molecule has 20 heavy (non-hydrogen) atoms. The Morgan fingerprint density at radius 2 is 1.95 bits per heavy atom. The number of nitrogens with zero attached hydrogens (tertiary/aromatic N) is 1. The van der Waals surface area contributed by atoms with Crippen LogP contribution in [-0.2, 0) is 11.2 Å². The van der Waals surface area contributed by atoms with Gasteiger partial charge in [0.2, 0.25) is 0 Å². The van der Waals surface area contributed by atoms with Gasteiger partial charge in [-0.25, -0.2) is 0 Å². The summed E-state index contributed by atoms with van der Waals surface area (Å²) < 4.78 is 5.45. The highest BCUT2D eigenvalue weighted by molar-refractivity contribution is 5.77. The fraction of sp³-hybridized carbons (Fsp3) is 0.562. The first-order valence-electron chi connectivity index (χ1n) is 7.18. The van der Waals surface area contributed by atoms with Crippen LogP contribution < -0.4 is 10.1 Å². The Bertz CT molecular complexity index is 401. The molecule has 0 heterocycles. The summed E-state index contributed by atoms with van der Waals surface area (Å²) >= 11 is 0. The highest BCUT2D eigenvalue weighted by Crippen LogP contribution is 2.13. The van der Waals surface area contributed by atoms with E-state index in [2.05, 4.69) is 31.3 Å². The first-order valence-corrected chi connectivity index (χ1v) is 7.18. The fourth-order valence-electron chi connectivity index (χ4n) is 1.81. The first kappa shape index (κ1) is 16.5. The normalized spacial score (nSPS) is 12.0. The molecule has 1 aromatic carbocycles. The third-order valence-electron chi connectivity index (χ3n) is 3.07. The van der Waals surface area contributed by atoms with Crippen molar-refractivity contribution in [2.45, 2.75) is 32.7 Å². The molecule has 4 nitrogen and oxygen atoms in total. The van der Waals surface area contributed by atoms with Crippen molar-refractivity contribution in [3.05, 3.63) is 29.8 Å². The van der Waals surface area contributed by atoms with Crippen molar-refractivity contribution in [3.63, 3.8) is 0 Å². The second kappa shape index (κ2) is 8.59. The molecule has 1 aromatic rings. The van der Waals surface area contributed by atoms with Gasteiger partial charge in [-0.2, -0.15) is 0 Å². The molecular formula is C16H26N2O2. The number of ether oxygens (including phenoxy) is 1. The van der Waals surface area contributed by atoms with Gasteiger partial charge in [-0.1, -0.05) is 19.1 Å². The molecule has 0 bridgehead atoms. The molecule has 0 radical (unpaired) electrons. The molecule has 0 saturated heterocycles. The predicted molar refractivity (Wildman–Crippen MR) is 82.1 cm³/mol. The highest BCUT2D eigenvalue weighted by Gasteiger charge is 2.06. The summed E-state index contributed by atoms with van der Waals surface area (Å²) in [6, 6.07) is 8.42. The lowest BCUT2D eigenvalue weighted by Crippen LogP contribution is -2.28. The van der Waals surface area contributed by atoms with Crippen LogP contribution in [0.2, 0.25) is 0 Å². The molecule has 0 saturated carbocycles. The number of carbonyl (C=O) groups excluding carboxylic acids is 1. The van der Waals surface area contributed by atoms with Crippen molar-refractivity contribution in [2.24, 2.45) is 0 Å². The second-order valence-corrected chi connectivity index (χ2v) is 5.28.